The molecule has 0 unspecified atom stereocenters. The van der Waals surface area contributed by atoms with E-state index in [-0.39, 0.29) is 5.91 Å². The highest BCUT2D eigenvalue weighted by Gasteiger charge is 2.28. The lowest BCUT2D eigenvalue weighted by Gasteiger charge is -2.34. The normalized spacial score (nSPS) is 17.4. The fraction of sp³-hybridized carbons (Fsp3) is 0.385. The zero-order valence-corrected chi connectivity index (χ0v) is 18.5. The minimum atomic E-state index is 0.0298. The number of carbonyl (C=O) groups excluding carboxylic acids is 1. The van der Waals surface area contributed by atoms with Crippen molar-refractivity contribution in [3.05, 3.63) is 78.0 Å². The molecule has 6 heteroatoms. The molecule has 1 saturated carbocycles. The number of piperazine rings is 1. The van der Waals surface area contributed by atoms with Crippen molar-refractivity contribution in [2.75, 3.05) is 44.6 Å². The van der Waals surface area contributed by atoms with Crippen LogP contribution in [0.2, 0.25) is 0 Å². The molecule has 2 aliphatic rings. The number of hydrogen-bond acceptors (Lipinski definition) is 4. The maximum atomic E-state index is 12.8. The van der Waals surface area contributed by atoms with Crippen LogP contribution in [0.4, 0.5) is 5.82 Å². The predicted molar refractivity (Wildman–Crippen MR) is 127 cm³/mol. The van der Waals surface area contributed by atoms with E-state index in [0.717, 1.165) is 56.3 Å². The molecule has 2 heterocycles. The van der Waals surface area contributed by atoms with Crippen LogP contribution in [0.25, 0.3) is 5.69 Å². The van der Waals surface area contributed by atoms with Gasteiger partial charge in [0.05, 0.1) is 17.9 Å². The Hall–Kier alpha value is -2.96. The number of benzene rings is 2. The molecular weight excluding hydrogens is 398 g/mol. The number of para-hydroxylation sites is 1. The topological polar surface area (TPSA) is 53.4 Å². The fourth-order valence-corrected chi connectivity index (χ4v) is 4.32. The van der Waals surface area contributed by atoms with Gasteiger partial charge in [0.2, 0.25) is 5.91 Å². The van der Waals surface area contributed by atoms with Crippen molar-refractivity contribution in [1.29, 1.82) is 0 Å². The predicted octanol–water partition coefficient (Wildman–Crippen LogP) is 3.55. The van der Waals surface area contributed by atoms with E-state index in [1.807, 2.05) is 41.1 Å². The Labute approximate surface area is 189 Å². The largest absolute Gasteiger partial charge is 0.309 e. The molecule has 1 aliphatic heterocycles. The molecule has 5 rings (SSSR count). The minimum absolute atomic E-state index is 0.0298. The highest BCUT2D eigenvalue weighted by Crippen LogP contribution is 2.40. The summed E-state index contributed by atoms with van der Waals surface area (Å²) in [7, 11) is 0. The third kappa shape index (κ3) is 5.26. The third-order valence-corrected chi connectivity index (χ3v) is 6.38. The van der Waals surface area contributed by atoms with Gasteiger partial charge < -0.3 is 10.2 Å². The molecule has 3 aromatic rings. The van der Waals surface area contributed by atoms with Crippen molar-refractivity contribution in [2.24, 2.45) is 0 Å². The fourth-order valence-electron chi connectivity index (χ4n) is 4.32. The van der Waals surface area contributed by atoms with Crippen molar-refractivity contribution in [3.63, 3.8) is 0 Å². The first-order valence-corrected chi connectivity index (χ1v) is 11.7. The maximum absolute atomic E-state index is 12.8. The molecule has 1 aromatic heterocycles. The van der Waals surface area contributed by atoms with E-state index < -0.39 is 0 Å². The van der Waals surface area contributed by atoms with Gasteiger partial charge in [0.15, 0.2) is 0 Å². The number of hydrogen-bond donors (Lipinski definition) is 1. The summed E-state index contributed by atoms with van der Waals surface area (Å²) in [6, 6.07) is 22.7. The molecule has 1 saturated heterocycles. The SMILES string of the molecule is O=C(CN1CCN(CCc2ccccc2)CC1)Nc1cc(C2CC2)nn1-c1ccccc1. The third-order valence-electron chi connectivity index (χ3n) is 6.38. The van der Waals surface area contributed by atoms with E-state index in [9.17, 15) is 4.79 Å². The van der Waals surface area contributed by atoms with Crippen molar-refractivity contribution in [3.8, 4) is 5.69 Å². The van der Waals surface area contributed by atoms with E-state index in [2.05, 4.69) is 45.4 Å². The van der Waals surface area contributed by atoms with Crippen LogP contribution >= 0.6 is 0 Å². The van der Waals surface area contributed by atoms with Gasteiger partial charge in [-0.1, -0.05) is 48.5 Å². The van der Waals surface area contributed by atoms with Gasteiger partial charge in [-0.2, -0.15) is 5.10 Å². The molecule has 32 heavy (non-hydrogen) atoms. The molecule has 0 spiro atoms. The zero-order chi connectivity index (χ0) is 21.8. The van der Waals surface area contributed by atoms with Gasteiger partial charge >= 0.3 is 0 Å². The Morgan fingerprint density at radius 2 is 1.56 bits per heavy atom. The van der Waals surface area contributed by atoms with Gasteiger partial charge in [-0.05, 0) is 37.0 Å². The van der Waals surface area contributed by atoms with Crippen molar-refractivity contribution in [2.45, 2.75) is 25.2 Å². The minimum Gasteiger partial charge on any atom is -0.309 e. The molecule has 2 aromatic carbocycles. The van der Waals surface area contributed by atoms with Crippen LogP contribution in [0.1, 0.15) is 30.0 Å². The van der Waals surface area contributed by atoms with Crippen LogP contribution in [0.5, 0.6) is 0 Å². The molecule has 1 aliphatic carbocycles. The Bertz CT molecular complexity index is 1020. The second-order valence-electron chi connectivity index (χ2n) is 8.88. The Morgan fingerprint density at radius 3 is 2.25 bits per heavy atom. The second kappa shape index (κ2) is 9.67. The Kier molecular flexibility index (Phi) is 6.32. The lowest BCUT2D eigenvalue weighted by atomic mass is 10.1. The van der Waals surface area contributed by atoms with Crippen LogP contribution < -0.4 is 5.32 Å². The first kappa shape index (κ1) is 20.9. The summed E-state index contributed by atoms with van der Waals surface area (Å²) < 4.78 is 1.87. The lowest BCUT2D eigenvalue weighted by molar-refractivity contribution is -0.117. The number of amides is 1. The van der Waals surface area contributed by atoms with E-state index in [1.54, 1.807) is 0 Å². The number of rotatable bonds is 8. The second-order valence-corrected chi connectivity index (χ2v) is 8.88. The first-order valence-electron chi connectivity index (χ1n) is 11.7. The van der Waals surface area contributed by atoms with E-state index in [0.29, 0.717) is 12.5 Å². The van der Waals surface area contributed by atoms with Crippen LogP contribution in [-0.2, 0) is 11.2 Å². The number of nitrogens with zero attached hydrogens (tertiary/aromatic N) is 4. The van der Waals surface area contributed by atoms with Crippen LogP contribution in [0.15, 0.2) is 66.7 Å². The summed E-state index contributed by atoms with van der Waals surface area (Å²) in [4.78, 5) is 17.6. The Balaban J connectivity index is 1.14. The summed E-state index contributed by atoms with van der Waals surface area (Å²) in [5.74, 6) is 1.34. The lowest BCUT2D eigenvalue weighted by Crippen LogP contribution is -2.49. The molecule has 1 N–H and O–H groups in total. The van der Waals surface area contributed by atoms with Gasteiger partial charge in [0.25, 0.3) is 0 Å². The molecule has 0 bridgehead atoms. The highest BCUT2D eigenvalue weighted by atomic mass is 16.2. The average molecular weight is 430 g/mol. The van der Waals surface area contributed by atoms with Gasteiger partial charge in [-0.3, -0.25) is 9.69 Å². The number of carbonyl (C=O) groups is 1. The molecule has 1 amide bonds. The van der Waals surface area contributed by atoms with Crippen molar-refractivity contribution < 1.29 is 4.79 Å². The molecular formula is C26H31N5O. The number of nitrogens with one attached hydrogen (secondary N) is 1. The number of anilines is 1. The molecule has 2 fully saturated rings. The van der Waals surface area contributed by atoms with Gasteiger partial charge in [-0.15, -0.1) is 0 Å². The van der Waals surface area contributed by atoms with Crippen LogP contribution in [0, 0.1) is 0 Å². The molecule has 166 valence electrons. The number of aromatic nitrogens is 2. The van der Waals surface area contributed by atoms with Gasteiger partial charge in [0.1, 0.15) is 5.82 Å². The van der Waals surface area contributed by atoms with Crippen LogP contribution in [-0.4, -0.2) is 64.8 Å². The summed E-state index contributed by atoms with van der Waals surface area (Å²) in [6.45, 7) is 5.36. The first-order chi connectivity index (χ1) is 15.7. The summed E-state index contributed by atoms with van der Waals surface area (Å²) in [6.07, 6.45) is 3.45. The monoisotopic (exact) mass is 429 g/mol. The van der Waals surface area contributed by atoms with Crippen molar-refractivity contribution in [1.82, 2.24) is 19.6 Å². The quantitative estimate of drug-likeness (QED) is 0.595. The van der Waals surface area contributed by atoms with Crippen molar-refractivity contribution >= 4 is 11.7 Å². The van der Waals surface area contributed by atoms with E-state index in [4.69, 9.17) is 5.10 Å². The molecule has 0 radical (unpaired) electrons. The van der Waals surface area contributed by atoms with Crippen LogP contribution in [0.3, 0.4) is 0 Å². The summed E-state index contributed by atoms with van der Waals surface area (Å²) in [5.41, 5.74) is 3.44. The smallest absolute Gasteiger partial charge is 0.239 e. The molecule has 6 nitrogen and oxygen atoms in total. The average Bonchev–Trinajstić information content (AvgIpc) is 3.60. The summed E-state index contributed by atoms with van der Waals surface area (Å²) >= 11 is 0. The summed E-state index contributed by atoms with van der Waals surface area (Å²) in [5, 5.41) is 7.90. The van der Waals surface area contributed by atoms with Gasteiger partial charge in [-0.25, -0.2) is 4.68 Å². The zero-order valence-electron chi connectivity index (χ0n) is 18.5. The molecule has 0 atom stereocenters. The Morgan fingerprint density at radius 1 is 0.906 bits per heavy atom. The van der Waals surface area contributed by atoms with E-state index in [1.165, 1.54) is 18.4 Å². The van der Waals surface area contributed by atoms with E-state index >= 15 is 0 Å². The highest BCUT2D eigenvalue weighted by molar-refractivity contribution is 5.91. The van der Waals surface area contributed by atoms with Gasteiger partial charge in [0, 0.05) is 44.7 Å². The standard InChI is InChI=1S/C26H31N5O/c32-26(20-30-17-15-29(16-18-30)14-13-21-7-3-1-4-8-21)27-25-19-24(22-11-12-22)28-31(25)23-9-5-2-6-10-23/h1-10,19,22H,11-18,20H2,(H,27,32). The maximum Gasteiger partial charge on any atom is 0.239 e.